The molecule has 2 aromatic rings. The Morgan fingerprint density at radius 2 is 1.93 bits per heavy atom. The van der Waals surface area contributed by atoms with Crippen molar-refractivity contribution in [3.05, 3.63) is 53.7 Å². The molecule has 158 valence electrons. The number of hydrogen-bond donors (Lipinski definition) is 2. The van der Waals surface area contributed by atoms with E-state index in [1.54, 1.807) is 31.4 Å². The molecule has 3 rings (SSSR count). The molecule has 6 nitrogen and oxygen atoms in total. The molecule has 1 aliphatic carbocycles. The summed E-state index contributed by atoms with van der Waals surface area (Å²) in [5.41, 5.74) is 1.59. The molecule has 0 aliphatic heterocycles. The minimum atomic E-state index is -2.86. The number of benzene rings is 1. The van der Waals surface area contributed by atoms with Crippen molar-refractivity contribution in [2.75, 3.05) is 13.7 Å². The van der Waals surface area contributed by atoms with Crippen LogP contribution in [0.15, 0.2) is 47.6 Å². The molecule has 0 saturated heterocycles. The fourth-order valence-electron chi connectivity index (χ4n) is 2.53. The largest absolute Gasteiger partial charge is 0.477 e. The zero-order valence-electron chi connectivity index (χ0n) is 16.1. The van der Waals surface area contributed by atoms with E-state index in [2.05, 4.69) is 25.3 Å². The second-order valence-electron chi connectivity index (χ2n) is 6.52. The zero-order valence-corrected chi connectivity index (χ0v) is 18.4. The lowest BCUT2D eigenvalue weighted by molar-refractivity contribution is -0.0504. The van der Waals surface area contributed by atoms with Crippen LogP contribution in [0.1, 0.15) is 24.0 Å². The van der Waals surface area contributed by atoms with Crippen molar-refractivity contribution in [2.24, 2.45) is 10.9 Å². The highest BCUT2D eigenvalue weighted by Gasteiger charge is 2.22. The van der Waals surface area contributed by atoms with Crippen LogP contribution in [0.2, 0.25) is 0 Å². The van der Waals surface area contributed by atoms with Gasteiger partial charge >= 0.3 is 6.61 Å². The number of halogens is 3. The quantitative estimate of drug-likeness (QED) is 0.299. The van der Waals surface area contributed by atoms with Gasteiger partial charge < -0.3 is 20.1 Å². The third kappa shape index (κ3) is 8.00. The highest BCUT2D eigenvalue weighted by Crippen LogP contribution is 2.29. The van der Waals surface area contributed by atoms with Crippen LogP contribution in [0.4, 0.5) is 8.78 Å². The van der Waals surface area contributed by atoms with Crippen LogP contribution in [0.5, 0.6) is 11.6 Å². The molecular weight excluding hydrogens is 493 g/mol. The monoisotopic (exact) mass is 518 g/mol. The lowest BCUT2D eigenvalue weighted by Gasteiger charge is -2.14. The Bertz CT molecular complexity index is 786. The number of aromatic nitrogens is 1. The van der Waals surface area contributed by atoms with Crippen molar-refractivity contribution in [3.63, 3.8) is 0 Å². The molecule has 0 radical (unpaired) electrons. The average molecular weight is 518 g/mol. The van der Waals surface area contributed by atoms with Crippen LogP contribution in [-0.4, -0.2) is 31.2 Å². The van der Waals surface area contributed by atoms with Crippen LogP contribution in [-0.2, 0) is 13.1 Å². The predicted molar refractivity (Wildman–Crippen MR) is 118 cm³/mol. The SMILES string of the molecule is CN=C(NCc1ccc(OCC2CC2)nc1)NCc1ccccc1OC(F)F.I. The van der Waals surface area contributed by atoms with E-state index in [0.29, 0.717) is 36.4 Å². The van der Waals surface area contributed by atoms with E-state index in [4.69, 9.17) is 4.74 Å². The number of pyridine rings is 1. The molecule has 1 aromatic carbocycles. The number of rotatable bonds is 9. The molecule has 1 heterocycles. The molecule has 2 N–H and O–H groups in total. The molecule has 9 heteroatoms. The van der Waals surface area contributed by atoms with E-state index >= 15 is 0 Å². The van der Waals surface area contributed by atoms with E-state index in [9.17, 15) is 8.78 Å². The van der Waals surface area contributed by atoms with Crippen molar-refractivity contribution in [1.29, 1.82) is 0 Å². The molecule has 0 unspecified atom stereocenters. The molecule has 1 fully saturated rings. The number of ether oxygens (including phenoxy) is 2. The fourth-order valence-corrected chi connectivity index (χ4v) is 2.53. The minimum Gasteiger partial charge on any atom is -0.477 e. The predicted octanol–water partition coefficient (Wildman–Crippen LogP) is 3.96. The number of alkyl halides is 2. The maximum atomic E-state index is 12.5. The van der Waals surface area contributed by atoms with Gasteiger partial charge in [-0.1, -0.05) is 24.3 Å². The van der Waals surface area contributed by atoms with Gasteiger partial charge in [0.15, 0.2) is 5.96 Å². The van der Waals surface area contributed by atoms with Crippen molar-refractivity contribution in [3.8, 4) is 11.6 Å². The Hall–Kier alpha value is -2.17. The lowest BCUT2D eigenvalue weighted by atomic mass is 10.2. The van der Waals surface area contributed by atoms with Gasteiger partial charge in [0.25, 0.3) is 0 Å². The maximum Gasteiger partial charge on any atom is 0.387 e. The van der Waals surface area contributed by atoms with Gasteiger partial charge in [0.2, 0.25) is 5.88 Å². The van der Waals surface area contributed by atoms with Crippen LogP contribution in [0.3, 0.4) is 0 Å². The number of aliphatic imine (C=N–C) groups is 1. The Labute approximate surface area is 186 Å². The molecule has 0 amide bonds. The van der Waals surface area contributed by atoms with Gasteiger partial charge in [-0.15, -0.1) is 24.0 Å². The second-order valence-corrected chi connectivity index (χ2v) is 6.52. The topological polar surface area (TPSA) is 67.8 Å². The lowest BCUT2D eigenvalue weighted by Crippen LogP contribution is -2.36. The third-order valence-electron chi connectivity index (χ3n) is 4.28. The van der Waals surface area contributed by atoms with Crippen LogP contribution in [0.25, 0.3) is 0 Å². The van der Waals surface area contributed by atoms with Crippen molar-refractivity contribution >= 4 is 29.9 Å². The summed E-state index contributed by atoms with van der Waals surface area (Å²) in [6.45, 7) is -1.31. The third-order valence-corrected chi connectivity index (χ3v) is 4.28. The Morgan fingerprint density at radius 3 is 2.59 bits per heavy atom. The summed E-state index contributed by atoms with van der Waals surface area (Å²) in [6, 6.07) is 10.5. The summed E-state index contributed by atoms with van der Waals surface area (Å²) in [5.74, 6) is 2.01. The maximum absolute atomic E-state index is 12.5. The van der Waals surface area contributed by atoms with E-state index < -0.39 is 6.61 Å². The second kappa shape index (κ2) is 11.7. The fraction of sp³-hybridized carbons (Fsp3) is 0.400. The standard InChI is InChI=1S/C20H24F2N4O2.HI/c1-23-20(26-12-16-4-2-3-5-17(16)28-19(21)22)25-11-15-8-9-18(24-10-15)27-13-14-6-7-14;/h2-5,8-10,14,19H,6-7,11-13H2,1H3,(H2,23,25,26);1H. The first kappa shape index (κ1) is 23.1. The van der Waals surface area contributed by atoms with Crippen LogP contribution < -0.4 is 20.1 Å². The summed E-state index contributed by atoms with van der Waals surface area (Å²) in [5, 5.41) is 6.25. The molecule has 0 atom stereocenters. The number of nitrogens with zero attached hydrogens (tertiary/aromatic N) is 2. The molecule has 0 bridgehead atoms. The van der Waals surface area contributed by atoms with Gasteiger partial charge in [-0.3, -0.25) is 4.99 Å². The Kier molecular flexibility index (Phi) is 9.36. The van der Waals surface area contributed by atoms with Gasteiger partial charge in [-0.25, -0.2) is 4.98 Å². The first-order valence-electron chi connectivity index (χ1n) is 9.19. The van der Waals surface area contributed by atoms with Gasteiger partial charge in [-0.2, -0.15) is 8.78 Å². The Morgan fingerprint density at radius 1 is 1.17 bits per heavy atom. The number of hydrogen-bond acceptors (Lipinski definition) is 4. The summed E-state index contributed by atoms with van der Waals surface area (Å²) in [4.78, 5) is 8.45. The summed E-state index contributed by atoms with van der Waals surface area (Å²) < 4.78 is 35.2. The van der Waals surface area contributed by atoms with Gasteiger partial charge in [0.05, 0.1) is 6.61 Å². The summed E-state index contributed by atoms with van der Waals surface area (Å²) >= 11 is 0. The highest BCUT2D eigenvalue weighted by atomic mass is 127. The van der Waals surface area contributed by atoms with E-state index in [1.165, 1.54) is 18.9 Å². The van der Waals surface area contributed by atoms with E-state index in [1.807, 2.05) is 12.1 Å². The van der Waals surface area contributed by atoms with Crippen LogP contribution >= 0.6 is 24.0 Å². The molecule has 0 spiro atoms. The van der Waals surface area contributed by atoms with Crippen molar-refractivity contribution in [1.82, 2.24) is 15.6 Å². The van der Waals surface area contributed by atoms with Crippen molar-refractivity contribution in [2.45, 2.75) is 32.5 Å². The first-order valence-corrected chi connectivity index (χ1v) is 9.19. The van der Waals surface area contributed by atoms with E-state index in [0.717, 1.165) is 12.2 Å². The van der Waals surface area contributed by atoms with Crippen LogP contribution in [0, 0.1) is 5.92 Å². The van der Waals surface area contributed by atoms with Gasteiger partial charge in [0.1, 0.15) is 5.75 Å². The van der Waals surface area contributed by atoms with Gasteiger partial charge in [-0.05, 0) is 30.4 Å². The Balaban J connectivity index is 0.00000300. The average Bonchev–Trinajstić information content (AvgIpc) is 3.52. The smallest absolute Gasteiger partial charge is 0.387 e. The summed E-state index contributed by atoms with van der Waals surface area (Å²) in [7, 11) is 1.64. The first-order chi connectivity index (χ1) is 13.6. The molecule has 29 heavy (non-hydrogen) atoms. The normalized spacial score (nSPS) is 13.6. The minimum absolute atomic E-state index is 0. The number of guanidine groups is 1. The van der Waals surface area contributed by atoms with Gasteiger partial charge in [0, 0.05) is 38.0 Å². The molecule has 1 saturated carbocycles. The highest BCUT2D eigenvalue weighted by molar-refractivity contribution is 14.0. The summed E-state index contributed by atoms with van der Waals surface area (Å²) in [6.07, 6.45) is 4.24. The molecule has 1 aromatic heterocycles. The zero-order chi connectivity index (χ0) is 19.8. The number of para-hydroxylation sites is 1. The molecular formula is C20H25F2IN4O2. The molecule has 1 aliphatic rings. The number of nitrogens with one attached hydrogen (secondary N) is 2. The van der Waals surface area contributed by atoms with Crippen molar-refractivity contribution < 1.29 is 18.3 Å². The van der Waals surface area contributed by atoms with E-state index in [-0.39, 0.29) is 29.7 Å².